The Morgan fingerprint density at radius 3 is 2.78 bits per heavy atom. The molecule has 0 aromatic carbocycles. The predicted molar refractivity (Wildman–Crippen MR) is 74.8 cm³/mol. The number of aryl methyl sites for hydroxylation is 1. The summed E-state index contributed by atoms with van der Waals surface area (Å²) >= 11 is 0. The van der Waals surface area contributed by atoms with Crippen LogP contribution in [0, 0.1) is 12.8 Å². The number of rotatable bonds is 5. The standard InChI is InChI=1S/C15H25N3/c1-12-9-14(11-17-10-12)15(18-16)8-7-13-5-3-2-4-6-13/h9-11,13,15,18H,2-8,16H2,1H3. The van der Waals surface area contributed by atoms with Gasteiger partial charge in [0.1, 0.15) is 0 Å². The number of nitrogens with one attached hydrogen (secondary N) is 1. The van der Waals surface area contributed by atoms with Crippen LogP contribution in [0.1, 0.15) is 62.1 Å². The topological polar surface area (TPSA) is 50.9 Å². The van der Waals surface area contributed by atoms with Crippen LogP contribution in [0.15, 0.2) is 18.5 Å². The molecular weight excluding hydrogens is 222 g/mol. The van der Waals surface area contributed by atoms with E-state index >= 15 is 0 Å². The molecule has 0 bridgehead atoms. The van der Waals surface area contributed by atoms with Crippen LogP contribution in [0.25, 0.3) is 0 Å². The van der Waals surface area contributed by atoms with Crippen LogP contribution in [0.2, 0.25) is 0 Å². The molecular formula is C15H25N3. The molecule has 1 atom stereocenters. The van der Waals surface area contributed by atoms with Crippen LogP contribution in [0.4, 0.5) is 0 Å². The lowest BCUT2D eigenvalue weighted by molar-refractivity contribution is 0.315. The molecule has 3 N–H and O–H groups in total. The highest BCUT2D eigenvalue weighted by Gasteiger charge is 2.16. The summed E-state index contributed by atoms with van der Waals surface area (Å²) in [4.78, 5) is 4.25. The molecule has 1 saturated carbocycles. The highest BCUT2D eigenvalue weighted by Crippen LogP contribution is 2.30. The Kier molecular flexibility index (Phi) is 5.14. The molecule has 3 heteroatoms. The third-order valence-corrected chi connectivity index (χ3v) is 4.09. The van der Waals surface area contributed by atoms with Gasteiger partial charge in [-0.05, 0) is 36.8 Å². The first kappa shape index (κ1) is 13.5. The highest BCUT2D eigenvalue weighted by atomic mass is 15.2. The molecule has 3 nitrogen and oxygen atoms in total. The SMILES string of the molecule is Cc1cncc(C(CCC2CCCCC2)NN)c1. The summed E-state index contributed by atoms with van der Waals surface area (Å²) < 4.78 is 0. The van der Waals surface area contributed by atoms with Gasteiger partial charge in [-0.25, -0.2) is 0 Å². The Morgan fingerprint density at radius 1 is 1.33 bits per heavy atom. The molecule has 0 amide bonds. The average Bonchev–Trinajstić information content (AvgIpc) is 2.41. The van der Waals surface area contributed by atoms with E-state index in [0.29, 0.717) is 0 Å². The third-order valence-electron chi connectivity index (χ3n) is 4.09. The van der Waals surface area contributed by atoms with Crippen LogP contribution in [0.3, 0.4) is 0 Å². The summed E-state index contributed by atoms with van der Waals surface area (Å²) in [7, 11) is 0. The minimum absolute atomic E-state index is 0.249. The van der Waals surface area contributed by atoms with Crippen molar-refractivity contribution in [3.63, 3.8) is 0 Å². The third kappa shape index (κ3) is 3.79. The summed E-state index contributed by atoms with van der Waals surface area (Å²) in [5.74, 6) is 6.60. The van der Waals surface area contributed by atoms with E-state index in [0.717, 1.165) is 12.3 Å². The molecule has 100 valence electrons. The van der Waals surface area contributed by atoms with Crippen molar-refractivity contribution in [2.24, 2.45) is 11.8 Å². The Balaban J connectivity index is 1.88. The predicted octanol–water partition coefficient (Wildman–Crippen LogP) is 3.25. The zero-order valence-corrected chi connectivity index (χ0v) is 11.4. The minimum atomic E-state index is 0.249. The fourth-order valence-electron chi connectivity index (χ4n) is 2.99. The Hall–Kier alpha value is -0.930. The minimum Gasteiger partial charge on any atom is -0.271 e. The van der Waals surface area contributed by atoms with Crippen molar-refractivity contribution in [3.8, 4) is 0 Å². The Labute approximate surface area is 110 Å². The number of aromatic nitrogens is 1. The lowest BCUT2D eigenvalue weighted by Crippen LogP contribution is -2.28. The average molecular weight is 247 g/mol. The lowest BCUT2D eigenvalue weighted by Gasteiger charge is -2.24. The van der Waals surface area contributed by atoms with Gasteiger partial charge in [-0.2, -0.15) is 0 Å². The molecule has 1 heterocycles. The highest BCUT2D eigenvalue weighted by molar-refractivity contribution is 5.19. The van der Waals surface area contributed by atoms with E-state index in [1.54, 1.807) is 0 Å². The van der Waals surface area contributed by atoms with E-state index in [-0.39, 0.29) is 6.04 Å². The summed E-state index contributed by atoms with van der Waals surface area (Å²) in [5, 5.41) is 0. The van der Waals surface area contributed by atoms with E-state index in [1.807, 2.05) is 12.4 Å². The molecule has 1 fully saturated rings. The summed E-state index contributed by atoms with van der Waals surface area (Å²) in [6, 6.07) is 2.43. The van der Waals surface area contributed by atoms with Crippen molar-refractivity contribution in [3.05, 3.63) is 29.6 Å². The van der Waals surface area contributed by atoms with Crippen LogP contribution in [-0.2, 0) is 0 Å². The van der Waals surface area contributed by atoms with E-state index in [2.05, 4.69) is 23.4 Å². The second kappa shape index (κ2) is 6.86. The molecule has 1 aromatic heterocycles. The van der Waals surface area contributed by atoms with Crippen molar-refractivity contribution in [2.75, 3.05) is 0 Å². The first-order valence-corrected chi connectivity index (χ1v) is 7.17. The normalized spacial score (nSPS) is 18.8. The van der Waals surface area contributed by atoms with Crippen molar-refractivity contribution in [2.45, 2.75) is 57.9 Å². The number of hydrazine groups is 1. The number of pyridine rings is 1. The monoisotopic (exact) mass is 247 g/mol. The molecule has 0 spiro atoms. The van der Waals surface area contributed by atoms with Crippen LogP contribution >= 0.6 is 0 Å². The molecule has 0 aliphatic heterocycles. The summed E-state index contributed by atoms with van der Waals surface area (Å²) in [5.41, 5.74) is 5.36. The number of hydrogen-bond acceptors (Lipinski definition) is 3. The second-order valence-corrected chi connectivity index (χ2v) is 5.60. The smallest absolute Gasteiger partial charge is 0.0475 e. The van der Waals surface area contributed by atoms with Gasteiger partial charge in [-0.3, -0.25) is 16.3 Å². The molecule has 1 aromatic rings. The maximum Gasteiger partial charge on any atom is 0.0475 e. The number of nitrogens with zero attached hydrogens (tertiary/aromatic N) is 1. The first-order valence-electron chi connectivity index (χ1n) is 7.17. The molecule has 18 heavy (non-hydrogen) atoms. The van der Waals surface area contributed by atoms with Crippen molar-refractivity contribution < 1.29 is 0 Å². The van der Waals surface area contributed by atoms with Crippen molar-refractivity contribution >= 4 is 0 Å². The zero-order chi connectivity index (χ0) is 12.8. The fourth-order valence-corrected chi connectivity index (χ4v) is 2.99. The van der Waals surface area contributed by atoms with E-state index in [9.17, 15) is 0 Å². The molecule has 2 rings (SSSR count). The maximum atomic E-state index is 5.69. The molecule has 1 aliphatic carbocycles. The Morgan fingerprint density at radius 2 is 2.11 bits per heavy atom. The fraction of sp³-hybridized carbons (Fsp3) is 0.667. The van der Waals surface area contributed by atoms with Gasteiger partial charge >= 0.3 is 0 Å². The van der Waals surface area contributed by atoms with E-state index in [1.165, 1.54) is 49.7 Å². The zero-order valence-electron chi connectivity index (χ0n) is 11.4. The van der Waals surface area contributed by atoms with Gasteiger partial charge in [-0.1, -0.05) is 38.2 Å². The number of nitrogens with two attached hydrogens (primary N) is 1. The van der Waals surface area contributed by atoms with E-state index < -0.39 is 0 Å². The maximum absolute atomic E-state index is 5.69. The van der Waals surface area contributed by atoms with Crippen LogP contribution in [-0.4, -0.2) is 4.98 Å². The van der Waals surface area contributed by atoms with Gasteiger partial charge in [-0.15, -0.1) is 0 Å². The molecule has 1 aliphatic rings. The van der Waals surface area contributed by atoms with Gasteiger partial charge in [0.25, 0.3) is 0 Å². The molecule has 1 unspecified atom stereocenters. The van der Waals surface area contributed by atoms with Gasteiger partial charge in [0.15, 0.2) is 0 Å². The number of hydrogen-bond donors (Lipinski definition) is 2. The molecule has 0 saturated heterocycles. The van der Waals surface area contributed by atoms with Crippen LogP contribution < -0.4 is 11.3 Å². The van der Waals surface area contributed by atoms with Crippen molar-refractivity contribution in [1.82, 2.24) is 10.4 Å². The van der Waals surface area contributed by atoms with Gasteiger partial charge in [0.2, 0.25) is 0 Å². The van der Waals surface area contributed by atoms with Gasteiger partial charge < -0.3 is 0 Å². The molecule has 0 radical (unpaired) electrons. The second-order valence-electron chi connectivity index (χ2n) is 5.60. The summed E-state index contributed by atoms with van der Waals surface area (Å²) in [6.07, 6.45) is 13.3. The lowest BCUT2D eigenvalue weighted by atomic mass is 9.84. The van der Waals surface area contributed by atoms with Crippen molar-refractivity contribution in [1.29, 1.82) is 0 Å². The first-order chi connectivity index (χ1) is 8.79. The Bertz CT molecular complexity index is 359. The quantitative estimate of drug-likeness (QED) is 0.620. The summed E-state index contributed by atoms with van der Waals surface area (Å²) in [6.45, 7) is 2.07. The van der Waals surface area contributed by atoms with Gasteiger partial charge in [0.05, 0.1) is 0 Å². The van der Waals surface area contributed by atoms with Crippen LogP contribution in [0.5, 0.6) is 0 Å². The largest absolute Gasteiger partial charge is 0.271 e. The van der Waals surface area contributed by atoms with Gasteiger partial charge in [0, 0.05) is 18.4 Å². The van der Waals surface area contributed by atoms with E-state index in [4.69, 9.17) is 5.84 Å².